The summed E-state index contributed by atoms with van der Waals surface area (Å²) >= 11 is 1.88. The maximum Gasteiger partial charge on any atom is 0.0483 e. The molecule has 0 radical (unpaired) electrons. The van der Waals surface area contributed by atoms with Crippen molar-refractivity contribution in [2.24, 2.45) is 4.99 Å². The van der Waals surface area contributed by atoms with Crippen LogP contribution in [0.15, 0.2) is 34.2 Å². The fourth-order valence-electron chi connectivity index (χ4n) is 1.78. The third kappa shape index (κ3) is 4.52. The predicted molar refractivity (Wildman–Crippen MR) is 74.3 cm³/mol. The largest absolute Gasteiger partial charge is 0.381 e. The Morgan fingerprint density at radius 3 is 2.59 bits per heavy atom. The van der Waals surface area contributed by atoms with E-state index in [1.165, 1.54) is 29.7 Å². The number of fused-ring (bicyclic) bond motifs is 1. The highest BCUT2D eigenvalue weighted by Gasteiger charge is 2.01. The predicted octanol–water partition coefficient (Wildman–Crippen LogP) is 3.40. The van der Waals surface area contributed by atoms with Crippen LogP contribution in [-0.4, -0.2) is 31.7 Å². The van der Waals surface area contributed by atoms with Crippen LogP contribution in [0.2, 0.25) is 0 Å². The lowest BCUT2D eigenvalue weighted by molar-refractivity contribution is 0.0968. The summed E-state index contributed by atoms with van der Waals surface area (Å²) < 4.78 is 5.07. The van der Waals surface area contributed by atoms with Crippen LogP contribution in [0.25, 0.3) is 0 Å². The van der Waals surface area contributed by atoms with Gasteiger partial charge >= 0.3 is 0 Å². The molecule has 92 valence electrons. The molecule has 2 aliphatic rings. The van der Waals surface area contributed by atoms with Crippen molar-refractivity contribution in [3.05, 3.63) is 29.8 Å². The highest BCUT2D eigenvalue weighted by molar-refractivity contribution is 7.99. The Hall–Kier alpha value is -0.800. The van der Waals surface area contributed by atoms with E-state index in [1.54, 1.807) is 0 Å². The number of ether oxygens (including phenoxy) is 1. The zero-order chi connectivity index (χ0) is 11.8. The molecular weight excluding hydrogens is 230 g/mol. The van der Waals surface area contributed by atoms with E-state index in [2.05, 4.69) is 29.3 Å². The van der Waals surface area contributed by atoms with E-state index < -0.39 is 0 Å². The van der Waals surface area contributed by atoms with Gasteiger partial charge in [-0.15, -0.1) is 11.8 Å². The number of rotatable bonds is 0. The average molecular weight is 249 g/mol. The van der Waals surface area contributed by atoms with Gasteiger partial charge in [0.1, 0.15) is 0 Å². The molecule has 2 nitrogen and oxygen atoms in total. The molecule has 0 spiro atoms. The van der Waals surface area contributed by atoms with Crippen molar-refractivity contribution in [3.63, 3.8) is 0 Å². The molecule has 0 atom stereocenters. The number of nitrogens with zero attached hydrogens (tertiary/aromatic N) is 1. The first-order valence-electron chi connectivity index (χ1n) is 6.26. The Balaban J connectivity index is 0.000000153. The van der Waals surface area contributed by atoms with Gasteiger partial charge in [0, 0.05) is 42.2 Å². The summed E-state index contributed by atoms with van der Waals surface area (Å²) in [5, 5.41) is 0. The summed E-state index contributed by atoms with van der Waals surface area (Å²) in [6.07, 6.45) is 5.90. The molecule has 17 heavy (non-hydrogen) atoms. The zero-order valence-electron chi connectivity index (χ0n) is 10.1. The van der Waals surface area contributed by atoms with E-state index in [4.69, 9.17) is 4.74 Å². The lowest BCUT2D eigenvalue weighted by atomic mass is 10.2. The highest BCUT2D eigenvalue weighted by Crippen LogP contribution is 2.22. The number of aliphatic imine (C=N–C) groups is 1. The maximum atomic E-state index is 5.07. The van der Waals surface area contributed by atoms with Crippen molar-refractivity contribution < 1.29 is 4.74 Å². The minimum absolute atomic E-state index is 0.944. The fraction of sp³-hybridized carbons (Fsp3) is 0.500. The van der Waals surface area contributed by atoms with Crippen LogP contribution in [0, 0.1) is 0 Å². The van der Waals surface area contributed by atoms with Crippen LogP contribution in [0.1, 0.15) is 24.8 Å². The normalized spacial score (nSPS) is 18.6. The van der Waals surface area contributed by atoms with Crippen LogP contribution < -0.4 is 0 Å². The Bertz CT molecular complexity index is 349. The highest BCUT2D eigenvalue weighted by atomic mass is 32.2. The van der Waals surface area contributed by atoms with Crippen molar-refractivity contribution >= 4 is 18.0 Å². The molecule has 1 aromatic carbocycles. The Kier molecular flexibility index (Phi) is 5.59. The molecule has 3 rings (SSSR count). The number of hydrogen-bond donors (Lipinski definition) is 0. The Morgan fingerprint density at radius 1 is 1.06 bits per heavy atom. The summed E-state index contributed by atoms with van der Waals surface area (Å²) in [4.78, 5) is 5.62. The first-order chi connectivity index (χ1) is 8.47. The van der Waals surface area contributed by atoms with Gasteiger partial charge in [-0.05, 0) is 25.3 Å². The molecule has 2 aliphatic heterocycles. The lowest BCUT2D eigenvalue weighted by Gasteiger charge is -2.08. The molecule has 0 bridgehead atoms. The molecule has 2 heterocycles. The van der Waals surface area contributed by atoms with Crippen LogP contribution in [0.5, 0.6) is 0 Å². The lowest BCUT2D eigenvalue weighted by Crippen LogP contribution is -2.03. The van der Waals surface area contributed by atoms with E-state index >= 15 is 0 Å². The van der Waals surface area contributed by atoms with E-state index in [9.17, 15) is 0 Å². The van der Waals surface area contributed by atoms with Crippen molar-refractivity contribution in [1.29, 1.82) is 0 Å². The van der Waals surface area contributed by atoms with Crippen molar-refractivity contribution in [2.75, 3.05) is 25.5 Å². The minimum atomic E-state index is 0.944. The molecule has 0 amide bonds. The van der Waals surface area contributed by atoms with E-state index in [1.807, 2.05) is 18.0 Å². The van der Waals surface area contributed by atoms with Gasteiger partial charge in [-0.25, -0.2) is 0 Å². The second-order valence-corrected chi connectivity index (χ2v) is 5.23. The third-order valence-electron chi connectivity index (χ3n) is 2.70. The minimum Gasteiger partial charge on any atom is -0.381 e. The molecule has 1 saturated heterocycles. The second-order valence-electron chi connectivity index (χ2n) is 4.09. The molecule has 1 fully saturated rings. The van der Waals surface area contributed by atoms with Gasteiger partial charge in [0.2, 0.25) is 0 Å². The van der Waals surface area contributed by atoms with Gasteiger partial charge in [-0.2, -0.15) is 0 Å². The maximum absolute atomic E-state index is 5.07. The molecule has 3 heteroatoms. The average Bonchev–Trinajstić information content (AvgIpc) is 2.66. The number of thioether (sulfide) groups is 1. The molecule has 0 unspecified atom stereocenters. The number of hydrogen-bond acceptors (Lipinski definition) is 3. The summed E-state index contributed by atoms with van der Waals surface area (Å²) in [6.45, 7) is 2.94. The van der Waals surface area contributed by atoms with Crippen molar-refractivity contribution in [3.8, 4) is 0 Å². The van der Waals surface area contributed by atoms with Crippen LogP contribution >= 0.6 is 11.8 Å². The Morgan fingerprint density at radius 2 is 1.88 bits per heavy atom. The van der Waals surface area contributed by atoms with Crippen LogP contribution in [0.3, 0.4) is 0 Å². The van der Waals surface area contributed by atoms with Crippen LogP contribution in [-0.2, 0) is 4.74 Å². The SMILES string of the molecule is C1=NCCSc2ccccc21.C1CCOCC1. The summed E-state index contributed by atoms with van der Waals surface area (Å²) in [7, 11) is 0. The number of benzene rings is 1. The van der Waals surface area contributed by atoms with Crippen LogP contribution in [0.4, 0.5) is 0 Å². The van der Waals surface area contributed by atoms with E-state index in [0.717, 1.165) is 25.5 Å². The smallest absolute Gasteiger partial charge is 0.0483 e. The fourth-order valence-corrected chi connectivity index (χ4v) is 2.66. The zero-order valence-corrected chi connectivity index (χ0v) is 10.9. The van der Waals surface area contributed by atoms with Gasteiger partial charge in [0.05, 0.1) is 0 Å². The monoisotopic (exact) mass is 249 g/mol. The molecule has 0 aliphatic carbocycles. The standard InChI is InChI=1S/C9H9NS.C5H10O/c1-2-4-9-8(3-1)7-10-5-6-11-9;1-2-4-6-5-3-1/h1-4,7H,5-6H2;1-5H2. The van der Waals surface area contributed by atoms with Crippen molar-refractivity contribution in [1.82, 2.24) is 0 Å². The molecule has 1 aromatic rings. The van der Waals surface area contributed by atoms with Gasteiger partial charge < -0.3 is 4.74 Å². The first kappa shape index (κ1) is 12.7. The van der Waals surface area contributed by atoms with Gasteiger partial charge in [0.25, 0.3) is 0 Å². The van der Waals surface area contributed by atoms with Crippen molar-refractivity contribution in [2.45, 2.75) is 24.2 Å². The topological polar surface area (TPSA) is 21.6 Å². The molecular formula is C14H19NOS. The summed E-state index contributed by atoms with van der Waals surface area (Å²) in [6, 6.07) is 8.39. The quantitative estimate of drug-likeness (QED) is 0.703. The second kappa shape index (κ2) is 7.51. The Labute approximate surface area is 107 Å². The first-order valence-corrected chi connectivity index (χ1v) is 7.25. The van der Waals surface area contributed by atoms with Gasteiger partial charge in [-0.1, -0.05) is 18.2 Å². The molecule has 0 aromatic heterocycles. The van der Waals surface area contributed by atoms with E-state index in [0.29, 0.717) is 0 Å². The summed E-state index contributed by atoms with van der Waals surface area (Å²) in [5.41, 5.74) is 1.26. The van der Waals surface area contributed by atoms with Gasteiger partial charge in [-0.3, -0.25) is 4.99 Å². The van der Waals surface area contributed by atoms with Gasteiger partial charge in [0.15, 0.2) is 0 Å². The molecule has 0 saturated carbocycles. The molecule has 0 N–H and O–H groups in total. The van der Waals surface area contributed by atoms with E-state index in [-0.39, 0.29) is 0 Å². The summed E-state index contributed by atoms with van der Waals surface area (Å²) in [5.74, 6) is 1.10. The third-order valence-corrected chi connectivity index (χ3v) is 3.77.